The smallest absolute Gasteiger partial charge is 0.407 e. The van der Waals surface area contributed by atoms with E-state index in [4.69, 9.17) is 4.74 Å². The van der Waals surface area contributed by atoms with Crippen LogP contribution in [0.15, 0.2) is 48.5 Å². The molecule has 0 aromatic heterocycles. The third kappa shape index (κ3) is 4.76. The number of nitrogens with one attached hydrogen (secondary N) is 1. The Kier molecular flexibility index (Phi) is 7.14. The summed E-state index contributed by atoms with van der Waals surface area (Å²) in [5, 5.41) is 30.7. The minimum absolute atomic E-state index is 0.0312. The van der Waals surface area contributed by atoms with Crippen LogP contribution in [-0.2, 0) is 14.3 Å². The molecule has 0 radical (unpaired) electrons. The summed E-state index contributed by atoms with van der Waals surface area (Å²) < 4.78 is 5.46. The Morgan fingerprint density at radius 3 is 2.18 bits per heavy atom. The summed E-state index contributed by atoms with van der Waals surface area (Å²) in [6, 6.07) is 13.9. The predicted molar refractivity (Wildman–Crippen MR) is 122 cm³/mol. The maximum Gasteiger partial charge on any atom is 0.407 e. The number of ether oxygens (including phenoxy) is 1. The van der Waals surface area contributed by atoms with E-state index in [0.717, 1.165) is 22.3 Å². The van der Waals surface area contributed by atoms with E-state index >= 15 is 0 Å². The molecule has 2 aromatic rings. The highest BCUT2D eigenvalue weighted by Gasteiger charge is 2.39. The van der Waals surface area contributed by atoms with Gasteiger partial charge in [-0.1, -0.05) is 48.5 Å². The standard InChI is InChI=1S/C25H28N2O7/c28-12-15-9-16(13-29)27(11-15)24(32)22(10-23(30)31)26-25(33)34-14-21-19-7-3-1-5-17(19)18-6-2-4-8-20(18)21/h1-8,15-16,21-22,28-29H,9-14H2,(H,26,33)(H,30,31). The van der Waals surface area contributed by atoms with Crippen LogP contribution in [0.1, 0.15) is 29.9 Å². The molecule has 1 aliphatic carbocycles. The van der Waals surface area contributed by atoms with Crippen LogP contribution in [0, 0.1) is 5.92 Å². The number of hydrogen-bond acceptors (Lipinski definition) is 6. The van der Waals surface area contributed by atoms with Crippen molar-refractivity contribution in [3.05, 3.63) is 59.7 Å². The van der Waals surface area contributed by atoms with Crippen LogP contribution in [0.2, 0.25) is 0 Å². The minimum atomic E-state index is -1.35. The monoisotopic (exact) mass is 468 g/mol. The number of hydrogen-bond donors (Lipinski definition) is 4. The summed E-state index contributed by atoms with van der Waals surface area (Å²) >= 11 is 0. The lowest BCUT2D eigenvalue weighted by atomic mass is 9.98. The number of rotatable bonds is 8. The molecule has 0 bridgehead atoms. The lowest BCUT2D eigenvalue weighted by molar-refractivity contribution is -0.143. The zero-order valence-electron chi connectivity index (χ0n) is 18.6. The Morgan fingerprint density at radius 1 is 1.00 bits per heavy atom. The Balaban J connectivity index is 1.44. The number of aliphatic hydroxyl groups excluding tert-OH is 2. The average Bonchev–Trinajstić information content (AvgIpc) is 3.40. The number of nitrogens with zero attached hydrogens (tertiary/aromatic N) is 1. The first-order valence-electron chi connectivity index (χ1n) is 11.3. The van der Waals surface area contributed by atoms with Gasteiger partial charge in [-0.2, -0.15) is 0 Å². The van der Waals surface area contributed by atoms with Gasteiger partial charge < -0.3 is 30.3 Å². The number of carbonyl (C=O) groups excluding carboxylic acids is 2. The van der Waals surface area contributed by atoms with Crippen molar-refractivity contribution >= 4 is 18.0 Å². The van der Waals surface area contributed by atoms with E-state index in [-0.39, 0.29) is 38.2 Å². The van der Waals surface area contributed by atoms with Crippen molar-refractivity contribution < 1.29 is 34.4 Å². The van der Waals surface area contributed by atoms with Crippen LogP contribution >= 0.6 is 0 Å². The van der Waals surface area contributed by atoms with Gasteiger partial charge in [-0.25, -0.2) is 4.79 Å². The molecule has 1 fully saturated rings. The molecule has 2 aliphatic rings. The number of fused-ring (bicyclic) bond motifs is 3. The fraction of sp³-hybridized carbons (Fsp3) is 0.400. The maximum absolute atomic E-state index is 13.0. The molecule has 1 aliphatic heterocycles. The first kappa shape index (κ1) is 23.7. The number of carboxylic acid groups (broad SMARTS) is 1. The van der Waals surface area contributed by atoms with Crippen molar-refractivity contribution in [1.82, 2.24) is 10.2 Å². The molecule has 9 heteroatoms. The number of aliphatic carboxylic acids is 1. The molecule has 4 rings (SSSR count). The van der Waals surface area contributed by atoms with Gasteiger partial charge in [0.05, 0.1) is 19.1 Å². The summed E-state index contributed by atoms with van der Waals surface area (Å²) in [7, 11) is 0. The first-order chi connectivity index (χ1) is 16.4. The van der Waals surface area contributed by atoms with Crippen LogP contribution in [-0.4, -0.2) is 76.6 Å². The van der Waals surface area contributed by atoms with Crippen molar-refractivity contribution in [3.63, 3.8) is 0 Å². The Bertz CT molecular complexity index is 1030. The van der Waals surface area contributed by atoms with Crippen LogP contribution in [0.3, 0.4) is 0 Å². The summed E-state index contributed by atoms with van der Waals surface area (Å²) in [5.74, 6) is -2.25. The number of likely N-dealkylation sites (tertiary alicyclic amines) is 1. The van der Waals surface area contributed by atoms with Crippen LogP contribution in [0.25, 0.3) is 11.1 Å². The average molecular weight is 469 g/mol. The summed E-state index contributed by atoms with van der Waals surface area (Å²) in [6.07, 6.45) is -1.11. The number of alkyl carbamates (subject to hydrolysis) is 1. The number of carbonyl (C=O) groups is 3. The first-order valence-corrected chi connectivity index (χ1v) is 11.3. The van der Waals surface area contributed by atoms with Crippen molar-refractivity contribution in [2.45, 2.75) is 30.8 Å². The maximum atomic E-state index is 13.0. The van der Waals surface area contributed by atoms with E-state index in [2.05, 4.69) is 5.32 Å². The minimum Gasteiger partial charge on any atom is -0.481 e. The fourth-order valence-corrected chi connectivity index (χ4v) is 4.95. The molecule has 0 saturated carbocycles. The molecule has 1 heterocycles. The van der Waals surface area contributed by atoms with E-state index in [1.807, 2.05) is 48.5 Å². The third-order valence-corrected chi connectivity index (χ3v) is 6.57. The second kappa shape index (κ2) is 10.2. The Labute approximate surface area is 197 Å². The Hall–Kier alpha value is -3.43. The largest absolute Gasteiger partial charge is 0.481 e. The van der Waals surface area contributed by atoms with Crippen LogP contribution in [0.5, 0.6) is 0 Å². The van der Waals surface area contributed by atoms with Crippen molar-refractivity contribution in [1.29, 1.82) is 0 Å². The highest BCUT2D eigenvalue weighted by molar-refractivity contribution is 5.89. The highest BCUT2D eigenvalue weighted by atomic mass is 16.5. The van der Waals surface area contributed by atoms with E-state index in [1.54, 1.807) is 0 Å². The summed E-state index contributed by atoms with van der Waals surface area (Å²) in [5.41, 5.74) is 4.22. The SMILES string of the molecule is O=C(O)CC(NC(=O)OCC1c2ccccc2-c2ccccc21)C(=O)N1CC(CO)CC1CO. The summed E-state index contributed by atoms with van der Waals surface area (Å²) in [4.78, 5) is 38.4. The molecule has 3 unspecified atom stereocenters. The molecule has 2 amide bonds. The van der Waals surface area contributed by atoms with Gasteiger partial charge in [-0.15, -0.1) is 0 Å². The molecule has 34 heavy (non-hydrogen) atoms. The highest BCUT2D eigenvalue weighted by Crippen LogP contribution is 2.44. The number of amides is 2. The second-order valence-electron chi connectivity index (χ2n) is 8.73. The predicted octanol–water partition coefficient (Wildman–Crippen LogP) is 1.57. The molecule has 2 aromatic carbocycles. The molecule has 3 atom stereocenters. The van der Waals surface area contributed by atoms with Gasteiger partial charge in [-0.05, 0) is 28.7 Å². The molecule has 4 N–H and O–H groups in total. The number of benzene rings is 2. The quantitative estimate of drug-likeness (QED) is 0.462. The van der Waals surface area contributed by atoms with Gasteiger partial charge in [0.15, 0.2) is 0 Å². The Morgan fingerprint density at radius 2 is 1.62 bits per heavy atom. The van der Waals surface area contributed by atoms with E-state index in [1.165, 1.54) is 4.90 Å². The molecule has 180 valence electrons. The number of aliphatic hydroxyl groups is 2. The second-order valence-corrected chi connectivity index (χ2v) is 8.73. The summed E-state index contributed by atoms with van der Waals surface area (Å²) in [6.45, 7) is -0.247. The van der Waals surface area contributed by atoms with E-state index in [0.29, 0.717) is 6.42 Å². The van der Waals surface area contributed by atoms with Crippen molar-refractivity contribution in [2.75, 3.05) is 26.4 Å². The topological polar surface area (TPSA) is 136 Å². The van der Waals surface area contributed by atoms with Gasteiger partial charge in [-0.3, -0.25) is 9.59 Å². The zero-order chi connectivity index (χ0) is 24.2. The van der Waals surface area contributed by atoms with E-state index < -0.39 is 36.5 Å². The lowest BCUT2D eigenvalue weighted by Gasteiger charge is -2.27. The van der Waals surface area contributed by atoms with Crippen LogP contribution in [0.4, 0.5) is 4.79 Å². The molecule has 1 saturated heterocycles. The lowest BCUT2D eigenvalue weighted by Crippen LogP contribution is -2.51. The van der Waals surface area contributed by atoms with Crippen LogP contribution < -0.4 is 5.32 Å². The van der Waals surface area contributed by atoms with Crippen molar-refractivity contribution in [2.24, 2.45) is 5.92 Å². The molecule has 9 nitrogen and oxygen atoms in total. The van der Waals surface area contributed by atoms with Gasteiger partial charge >= 0.3 is 12.1 Å². The van der Waals surface area contributed by atoms with Gasteiger partial charge in [0, 0.05) is 25.0 Å². The normalized spacial score (nSPS) is 19.9. The van der Waals surface area contributed by atoms with E-state index in [9.17, 15) is 29.7 Å². The van der Waals surface area contributed by atoms with Gasteiger partial charge in [0.25, 0.3) is 0 Å². The van der Waals surface area contributed by atoms with Gasteiger partial charge in [0.1, 0.15) is 12.6 Å². The number of carboxylic acids is 1. The third-order valence-electron chi connectivity index (χ3n) is 6.57. The fourth-order valence-electron chi connectivity index (χ4n) is 4.95. The molecule has 0 spiro atoms. The zero-order valence-corrected chi connectivity index (χ0v) is 18.6. The molecular weight excluding hydrogens is 440 g/mol. The molecular formula is C25H28N2O7. The van der Waals surface area contributed by atoms with Crippen molar-refractivity contribution in [3.8, 4) is 11.1 Å². The van der Waals surface area contributed by atoms with Gasteiger partial charge in [0.2, 0.25) is 5.91 Å².